The normalized spacial score (nSPS) is 12.2. The summed E-state index contributed by atoms with van der Waals surface area (Å²) in [6, 6.07) is 0. The number of methoxy groups -OCH3 is 1. The molecule has 1 atom stereocenters. The van der Waals surface area contributed by atoms with Crippen LogP contribution in [0.15, 0.2) is 0 Å². The van der Waals surface area contributed by atoms with E-state index in [1.807, 2.05) is 0 Å². The maximum absolute atomic E-state index is 11.9. The number of ether oxygens (including phenoxy) is 3. The minimum Gasteiger partial charge on any atom is -0.464 e. The monoisotopic (exact) mass is 414 g/mol. The van der Waals surface area contributed by atoms with Crippen LogP contribution in [0.1, 0.15) is 117 Å². The van der Waals surface area contributed by atoms with Gasteiger partial charge in [0.2, 0.25) is 0 Å². The van der Waals surface area contributed by atoms with Crippen LogP contribution in [0.5, 0.6) is 0 Å². The number of hydrogen-bond acceptors (Lipinski definition) is 4. The molecular formula is C25H50O4. The van der Waals surface area contributed by atoms with Crippen LogP contribution in [0.2, 0.25) is 0 Å². The van der Waals surface area contributed by atoms with E-state index in [1.54, 1.807) is 7.11 Å². The van der Waals surface area contributed by atoms with E-state index >= 15 is 0 Å². The van der Waals surface area contributed by atoms with Gasteiger partial charge < -0.3 is 14.2 Å². The summed E-state index contributed by atoms with van der Waals surface area (Å²) in [5.74, 6) is 0.258. The first-order chi connectivity index (χ1) is 14.2. The quantitative estimate of drug-likeness (QED) is 0.132. The summed E-state index contributed by atoms with van der Waals surface area (Å²) in [6.07, 6.45) is 21.0. The fourth-order valence-corrected chi connectivity index (χ4v) is 3.64. The van der Waals surface area contributed by atoms with E-state index in [-0.39, 0.29) is 12.6 Å². The van der Waals surface area contributed by atoms with Crippen molar-refractivity contribution in [2.45, 2.75) is 117 Å². The zero-order valence-corrected chi connectivity index (χ0v) is 19.9. The third-order valence-electron chi connectivity index (χ3n) is 5.56. The number of esters is 1. The van der Waals surface area contributed by atoms with Crippen LogP contribution in [0.4, 0.5) is 0 Å². The van der Waals surface area contributed by atoms with Crippen LogP contribution in [-0.4, -0.2) is 39.5 Å². The van der Waals surface area contributed by atoms with Crippen molar-refractivity contribution in [2.24, 2.45) is 5.92 Å². The van der Waals surface area contributed by atoms with Crippen molar-refractivity contribution in [1.29, 1.82) is 0 Å². The van der Waals surface area contributed by atoms with E-state index < -0.39 is 0 Å². The first-order valence-corrected chi connectivity index (χ1v) is 12.5. The van der Waals surface area contributed by atoms with Crippen molar-refractivity contribution >= 4 is 5.97 Å². The van der Waals surface area contributed by atoms with E-state index in [1.165, 1.54) is 103 Å². The van der Waals surface area contributed by atoms with Crippen LogP contribution in [0.3, 0.4) is 0 Å². The minimum atomic E-state index is -0.245. The third-order valence-corrected chi connectivity index (χ3v) is 5.56. The number of unbranched alkanes of at least 4 members (excludes halogenated alkanes) is 12. The zero-order valence-electron chi connectivity index (χ0n) is 19.9. The van der Waals surface area contributed by atoms with Crippen molar-refractivity contribution in [2.75, 3.05) is 33.5 Å². The molecule has 0 amide bonds. The van der Waals surface area contributed by atoms with Crippen molar-refractivity contribution in [3.63, 3.8) is 0 Å². The molecule has 174 valence electrons. The van der Waals surface area contributed by atoms with Crippen molar-refractivity contribution in [3.05, 3.63) is 0 Å². The summed E-state index contributed by atoms with van der Waals surface area (Å²) in [6.45, 7) is 6.05. The molecule has 0 saturated carbocycles. The van der Waals surface area contributed by atoms with Crippen LogP contribution >= 0.6 is 0 Å². The Morgan fingerprint density at radius 2 is 1.17 bits per heavy atom. The molecule has 0 aromatic carbocycles. The first-order valence-electron chi connectivity index (χ1n) is 12.5. The van der Waals surface area contributed by atoms with E-state index in [2.05, 4.69) is 13.8 Å². The Morgan fingerprint density at radius 3 is 1.66 bits per heavy atom. The van der Waals surface area contributed by atoms with Gasteiger partial charge in [0.25, 0.3) is 0 Å². The molecule has 4 heteroatoms. The maximum atomic E-state index is 11.9. The van der Waals surface area contributed by atoms with Crippen LogP contribution < -0.4 is 0 Å². The summed E-state index contributed by atoms with van der Waals surface area (Å²) in [5, 5.41) is 0. The van der Waals surface area contributed by atoms with E-state index in [0.717, 1.165) is 0 Å². The molecule has 4 nitrogen and oxygen atoms in total. The smallest absolute Gasteiger partial charge is 0.332 e. The Bertz CT molecular complexity index is 333. The molecule has 0 aliphatic heterocycles. The molecule has 0 rings (SSSR count). The topological polar surface area (TPSA) is 44.8 Å². The van der Waals surface area contributed by atoms with Gasteiger partial charge in [-0.25, -0.2) is 4.79 Å². The van der Waals surface area contributed by atoms with E-state index in [9.17, 15) is 4.79 Å². The molecule has 0 aliphatic rings. The molecule has 0 aliphatic carbocycles. The molecule has 0 aromatic heterocycles. The average Bonchev–Trinajstić information content (AvgIpc) is 2.73. The lowest BCUT2D eigenvalue weighted by Crippen LogP contribution is -2.19. The van der Waals surface area contributed by atoms with Crippen LogP contribution in [0.25, 0.3) is 0 Å². The fourth-order valence-electron chi connectivity index (χ4n) is 3.64. The Labute approximate surface area is 181 Å². The Morgan fingerprint density at radius 1 is 0.690 bits per heavy atom. The second-order valence-electron chi connectivity index (χ2n) is 8.41. The second kappa shape index (κ2) is 23.7. The molecule has 0 heterocycles. The molecule has 0 aromatic rings. The Balaban J connectivity index is 3.97. The lowest BCUT2D eigenvalue weighted by atomic mass is 9.94. The number of carbonyl (C=O) groups excluding carboxylic acids is 1. The zero-order chi connectivity index (χ0) is 21.4. The highest BCUT2D eigenvalue weighted by atomic mass is 16.6. The van der Waals surface area contributed by atoms with E-state index in [4.69, 9.17) is 14.2 Å². The predicted octanol–water partition coefficient (Wildman–Crippen LogP) is 7.09. The molecule has 0 fully saturated rings. The molecule has 0 bridgehead atoms. The largest absolute Gasteiger partial charge is 0.464 e. The Hall–Kier alpha value is -0.610. The summed E-state index contributed by atoms with van der Waals surface area (Å²) in [5.41, 5.74) is 0. The molecule has 0 N–H and O–H groups in total. The first kappa shape index (κ1) is 28.4. The molecule has 0 saturated heterocycles. The molecule has 0 spiro atoms. The molecule has 1 unspecified atom stereocenters. The van der Waals surface area contributed by atoms with Crippen LogP contribution in [-0.2, 0) is 19.0 Å². The fraction of sp³-hybridized carbons (Fsp3) is 0.960. The minimum absolute atomic E-state index is 0.0326. The second-order valence-corrected chi connectivity index (χ2v) is 8.41. The average molecular weight is 415 g/mol. The van der Waals surface area contributed by atoms with Crippen LogP contribution in [0, 0.1) is 5.92 Å². The highest BCUT2D eigenvalue weighted by Crippen LogP contribution is 2.20. The molecular weight excluding hydrogens is 364 g/mol. The van der Waals surface area contributed by atoms with Gasteiger partial charge in [0, 0.05) is 7.11 Å². The summed E-state index contributed by atoms with van der Waals surface area (Å²) >= 11 is 0. The number of rotatable bonds is 23. The lowest BCUT2D eigenvalue weighted by molar-refractivity contribution is -0.150. The Kier molecular flexibility index (Phi) is 23.2. The third kappa shape index (κ3) is 21.9. The summed E-state index contributed by atoms with van der Waals surface area (Å²) in [4.78, 5) is 11.9. The van der Waals surface area contributed by atoms with Crippen molar-refractivity contribution in [1.82, 2.24) is 0 Å². The van der Waals surface area contributed by atoms with Gasteiger partial charge in [-0.3, -0.25) is 0 Å². The van der Waals surface area contributed by atoms with Crippen molar-refractivity contribution in [3.8, 4) is 0 Å². The highest BCUT2D eigenvalue weighted by molar-refractivity contribution is 5.70. The van der Waals surface area contributed by atoms with Gasteiger partial charge in [0.15, 0.2) is 0 Å². The highest BCUT2D eigenvalue weighted by Gasteiger charge is 2.12. The summed E-state index contributed by atoms with van der Waals surface area (Å²) in [7, 11) is 1.62. The van der Waals surface area contributed by atoms with Gasteiger partial charge in [-0.1, -0.05) is 104 Å². The van der Waals surface area contributed by atoms with Gasteiger partial charge in [-0.15, -0.1) is 0 Å². The lowest BCUT2D eigenvalue weighted by Gasteiger charge is -2.17. The van der Waals surface area contributed by atoms with Gasteiger partial charge in [-0.05, 0) is 18.8 Å². The number of carbonyl (C=O) groups is 1. The van der Waals surface area contributed by atoms with E-state index in [0.29, 0.717) is 25.7 Å². The molecule has 29 heavy (non-hydrogen) atoms. The summed E-state index contributed by atoms with van der Waals surface area (Å²) < 4.78 is 15.7. The van der Waals surface area contributed by atoms with Gasteiger partial charge >= 0.3 is 5.97 Å². The SMILES string of the molecule is CCCCCCCCCCC(CCCCCCCC)COC(=O)COCCOC. The maximum Gasteiger partial charge on any atom is 0.332 e. The van der Waals surface area contributed by atoms with Gasteiger partial charge in [-0.2, -0.15) is 0 Å². The van der Waals surface area contributed by atoms with Crippen molar-refractivity contribution < 1.29 is 19.0 Å². The predicted molar refractivity (Wildman–Crippen MR) is 122 cm³/mol. The molecule has 0 radical (unpaired) electrons. The number of hydrogen-bond donors (Lipinski definition) is 0. The van der Waals surface area contributed by atoms with Gasteiger partial charge in [0.05, 0.1) is 19.8 Å². The standard InChI is InChI=1S/C25H50O4/c1-4-6-8-10-12-13-15-17-19-24(18-16-14-11-9-7-5-2)22-29-25(26)23-28-21-20-27-3/h24H,4-23H2,1-3H3. The van der Waals surface area contributed by atoms with Gasteiger partial charge in [0.1, 0.15) is 6.61 Å².